The summed E-state index contributed by atoms with van der Waals surface area (Å²) in [6, 6.07) is 5.85. The van der Waals surface area contributed by atoms with Crippen molar-refractivity contribution in [3.05, 3.63) is 33.3 Å². The number of nitrogens with two attached hydrogens (primary N) is 1. The molecule has 0 heterocycles. The van der Waals surface area contributed by atoms with Crippen LogP contribution in [0.2, 0.25) is 5.02 Å². The molecule has 78 valence electrons. The molecule has 0 fully saturated rings. The molecule has 1 rings (SSSR count). The van der Waals surface area contributed by atoms with Gasteiger partial charge in [-0.25, -0.2) is 0 Å². The lowest BCUT2D eigenvalue weighted by atomic mass is 9.97. The van der Waals surface area contributed by atoms with Gasteiger partial charge in [-0.15, -0.1) is 0 Å². The third kappa shape index (κ3) is 3.60. The SMILES string of the molecule is CC(C)(N)CCc1c(Cl)cccc1Br. The molecule has 0 bridgehead atoms. The maximum Gasteiger partial charge on any atom is 0.0449 e. The van der Waals surface area contributed by atoms with Crippen molar-refractivity contribution in [2.45, 2.75) is 32.2 Å². The predicted molar refractivity (Wildman–Crippen MR) is 65.7 cm³/mol. The third-order valence-electron chi connectivity index (χ3n) is 2.08. The monoisotopic (exact) mass is 275 g/mol. The van der Waals surface area contributed by atoms with Gasteiger partial charge in [-0.2, -0.15) is 0 Å². The van der Waals surface area contributed by atoms with Crippen molar-refractivity contribution in [2.24, 2.45) is 5.73 Å². The highest BCUT2D eigenvalue weighted by atomic mass is 79.9. The molecule has 0 saturated carbocycles. The van der Waals surface area contributed by atoms with Gasteiger partial charge in [-0.3, -0.25) is 0 Å². The van der Waals surface area contributed by atoms with Crippen LogP contribution < -0.4 is 5.73 Å². The standard InChI is InChI=1S/C11H15BrClN/c1-11(2,14)7-6-8-9(12)4-3-5-10(8)13/h3-5H,6-7,14H2,1-2H3. The zero-order valence-corrected chi connectivity index (χ0v) is 10.8. The molecule has 0 radical (unpaired) electrons. The van der Waals surface area contributed by atoms with E-state index in [0.29, 0.717) is 0 Å². The zero-order valence-electron chi connectivity index (χ0n) is 8.48. The van der Waals surface area contributed by atoms with Crippen molar-refractivity contribution in [1.82, 2.24) is 0 Å². The quantitative estimate of drug-likeness (QED) is 0.893. The Morgan fingerprint density at radius 3 is 2.57 bits per heavy atom. The lowest BCUT2D eigenvalue weighted by Gasteiger charge is -2.18. The van der Waals surface area contributed by atoms with E-state index in [2.05, 4.69) is 15.9 Å². The molecule has 0 saturated heterocycles. The van der Waals surface area contributed by atoms with Gasteiger partial charge in [0.25, 0.3) is 0 Å². The van der Waals surface area contributed by atoms with E-state index in [0.717, 1.165) is 27.9 Å². The summed E-state index contributed by atoms with van der Waals surface area (Å²) in [6.07, 6.45) is 1.83. The molecular formula is C11H15BrClN. The summed E-state index contributed by atoms with van der Waals surface area (Å²) in [4.78, 5) is 0. The number of hydrogen-bond donors (Lipinski definition) is 1. The van der Waals surface area contributed by atoms with Gasteiger partial charge in [0.05, 0.1) is 0 Å². The molecule has 1 nitrogen and oxygen atoms in total. The van der Waals surface area contributed by atoms with E-state index in [9.17, 15) is 0 Å². The number of rotatable bonds is 3. The molecule has 0 aromatic heterocycles. The molecule has 1 aromatic rings. The Hall–Kier alpha value is -0.0500. The fraction of sp³-hybridized carbons (Fsp3) is 0.455. The number of halogens is 2. The van der Waals surface area contributed by atoms with Crippen molar-refractivity contribution in [1.29, 1.82) is 0 Å². The molecular weight excluding hydrogens is 261 g/mol. The van der Waals surface area contributed by atoms with Gasteiger partial charge in [0, 0.05) is 15.0 Å². The molecule has 14 heavy (non-hydrogen) atoms. The Morgan fingerprint density at radius 1 is 1.43 bits per heavy atom. The Morgan fingerprint density at radius 2 is 2.07 bits per heavy atom. The maximum atomic E-state index is 6.09. The molecule has 0 atom stereocenters. The van der Waals surface area contributed by atoms with E-state index < -0.39 is 0 Å². The summed E-state index contributed by atoms with van der Waals surface area (Å²) in [6.45, 7) is 4.05. The summed E-state index contributed by atoms with van der Waals surface area (Å²) in [5, 5.41) is 0.809. The van der Waals surface area contributed by atoms with E-state index in [4.69, 9.17) is 17.3 Å². The molecule has 0 aliphatic rings. The molecule has 2 N–H and O–H groups in total. The van der Waals surface area contributed by atoms with E-state index in [1.807, 2.05) is 32.0 Å². The first-order valence-corrected chi connectivity index (χ1v) is 5.79. The van der Waals surface area contributed by atoms with Gasteiger partial charge in [0.2, 0.25) is 0 Å². The first kappa shape index (κ1) is 12.0. The molecule has 0 aliphatic heterocycles. The van der Waals surface area contributed by atoms with Crippen LogP contribution >= 0.6 is 27.5 Å². The van der Waals surface area contributed by atoms with E-state index in [1.54, 1.807) is 0 Å². The van der Waals surface area contributed by atoms with Crippen LogP contribution in [0.15, 0.2) is 22.7 Å². The largest absolute Gasteiger partial charge is 0.326 e. The van der Waals surface area contributed by atoms with E-state index in [-0.39, 0.29) is 5.54 Å². The average Bonchev–Trinajstić information content (AvgIpc) is 2.01. The summed E-state index contributed by atoms with van der Waals surface area (Å²) >= 11 is 9.58. The van der Waals surface area contributed by atoms with Crippen LogP contribution in [0.4, 0.5) is 0 Å². The van der Waals surface area contributed by atoms with Crippen molar-refractivity contribution in [3.8, 4) is 0 Å². The van der Waals surface area contributed by atoms with Gasteiger partial charge < -0.3 is 5.73 Å². The first-order chi connectivity index (χ1) is 6.40. The van der Waals surface area contributed by atoms with Crippen molar-refractivity contribution in [2.75, 3.05) is 0 Å². The van der Waals surface area contributed by atoms with Crippen LogP contribution in [0, 0.1) is 0 Å². The van der Waals surface area contributed by atoms with Gasteiger partial charge in [0.1, 0.15) is 0 Å². The summed E-state index contributed by atoms with van der Waals surface area (Å²) in [7, 11) is 0. The minimum atomic E-state index is -0.140. The second kappa shape index (κ2) is 4.65. The van der Waals surface area contributed by atoms with Crippen LogP contribution in [-0.4, -0.2) is 5.54 Å². The lowest BCUT2D eigenvalue weighted by molar-refractivity contribution is 0.476. The fourth-order valence-electron chi connectivity index (χ4n) is 1.22. The lowest BCUT2D eigenvalue weighted by Crippen LogP contribution is -2.32. The van der Waals surface area contributed by atoms with Crippen LogP contribution in [-0.2, 0) is 6.42 Å². The average molecular weight is 277 g/mol. The number of benzene rings is 1. The Bertz CT molecular complexity index is 297. The second-order valence-electron chi connectivity index (χ2n) is 4.19. The van der Waals surface area contributed by atoms with Gasteiger partial charge in [-0.05, 0) is 44.4 Å². The van der Waals surface area contributed by atoms with Crippen LogP contribution in [0.1, 0.15) is 25.8 Å². The second-order valence-corrected chi connectivity index (χ2v) is 5.45. The maximum absolute atomic E-state index is 6.09. The van der Waals surface area contributed by atoms with E-state index >= 15 is 0 Å². The third-order valence-corrected chi connectivity index (χ3v) is 3.18. The molecule has 1 aromatic carbocycles. The van der Waals surface area contributed by atoms with Crippen LogP contribution in [0.25, 0.3) is 0 Å². The zero-order chi connectivity index (χ0) is 10.8. The Kier molecular flexibility index (Phi) is 3.99. The predicted octanol–water partition coefficient (Wildman–Crippen LogP) is 3.77. The highest BCUT2D eigenvalue weighted by molar-refractivity contribution is 9.10. The topological polar surface area (TPSA) is 26.0 Å². The smallest absolute Gasteiger partial charge is 0.0449 e. The number of hydrogen-bond acceptors (Lipinski definition) is 1. The molecule has 0 spiro atoms. The highest BCUT2D eigenvalue weighted by Crippen LogP contribution is 2.27. The summed E-state index contributed by atoms with van der Waals surface area (Å²) < 4.78 is 1.06. The molecule has 0 unspecified atom stereocenters. The normalized spacial score (nSPS) is 11.8. The van der Waals surface area contributed by atoms with Gasteiger partial charge in [-0.1, -0.05) is 33.6 Å². The first-order valence-electron chi connectivity index (χ1n) is 4.62. The van der Waals surface area contributed by atoms with Crippen molar-refractivity contribution < 1.29 is 0 Å². The van der Waals surface area contributed by atoms with E-state index in [1.165, 1.54) is 0 Å². The summed E-state index contributed by atoms with van der Waals surface area (Å²) in [5.41, 5.74) is 6.93. The summed E-state index contributed by atoms with van der Waals surface area (Å²) in [5.74, 6) is 0. The van der Waals surface area contributed by atoms with Crippen molar-refractivity contribution >= 4 is 27.5 Å². The molecule has 3 heteroatoms. The minimum absolute atomic E-state index is 0.140. The Balaban J connectivity index is 2.77. The van der Waals surface area contributed by atoms with Crippen LogP contribution in [0.3, 0.4) is 0 Å². The minimum Gasteiger partial charge on any atom is -0.326 e. The Labute approximate surface area is 98.8 Å². The van der Waals surface area contributed by atoms with Crippen LogP contribution in [0.5, 0.6) is 0 Å². The highest BCUT2D eigenvalue weighted by Gasteiger charge is 2.13. The van der Waals surface area contributed by atoms with Crippen molar-refractivity contribution in [3.63, 3.8) is 0 Å². The fourth-order valence-corrected chi connectivity index (χ4v) is 2.17. The van der Waals surface area contributed by atoms with Gasteiger partial charge in [0.15, 0.2) is 0 Å². The molecule has 0 aliphatic carbocycles. The molecule has 0 amide bonds. The van der Waals surface area contributed by atoms with Gasteiger partial charge >= 0.3 is 0 Å².